The largest absolute Gasteiger partial charge is 0.369 e. The Labute approximate surface area is 97.4 Å². The summed E-state index contributed by atoms with van der Waals surface area (Å²) in [4.78, 5) is 2.39. The van der Waals surface area contributed by atoms with E-state index in [1.807, 2.05) is 10.9 Å². The lowest BCUT2D eigenvalue weighted by atomic mass is 9.95. The summed E-state index contributed by atoms with van der Waals surface area (Å²) in [5.74, 6) is 0.566. The first-order valence-electron chi connectivity index (χ1n) is 6.12. The fourth-order valence-electron chi connectivity index (χ4n) is 2.17. The van der Waals surface area contributed by atoms with Crippen molar-refractivity contribution in [2.75, 3.05) is 18.0 Å². The molecule has 16 heavy (non-hydrogen) atoms. The van der Waals surface area contributed by atoms with E-state index in [9.17, 15) is 0 Å². The Bertz CT molecular complexity index is 345. The van der Waals surface area contributed by atoms with Gasteiger partial charge in [0.25, 0.3) is 0 Å². The molecular weight excluding hydrogens is 200 g/mol. The van der Waals surface area contributed by atoms with Crippen LogP contribution in [-0.4, -0.2) is 28.9 Å². The molecule has 0 saturated carbocycles. The van der Waals surface area contributed by atoms with Gasteiger partial charge in [0.2, 0.25) is 0 Å². The third-order valence-electron chi connectivity index (χ3n) is 3.45. The van der Waals surface area contributed by atoms with Gasteiger partial charge in [0.1, 0.15) is 0 Å². The zero-order valence-electron chi connectivity index (χ0n) is 10.4. The number of anilines is 1. The Balaban J connectivity index is 2.07. The zero-order chi connectivity index (χ0) is 11.7. The van der Waals surface area contributed by atoms with E-state index in [1.165, 1.54) is 5.69 Å². The van der Waals surface area contributed by atoms with Crippen LogP contribution in [0, 0.1) is 5.92 Å². The molecule has 2 rings (SSSR count). The second-order valence-electron chi connectivity index (χ2n) is 5.15. The molecule has 90 valence electrons. The summed E-state index contributed by atoms with van der Waals surface area (Å²) in [5, 5.41) is 4.38. The SMILES string of the molecule is CC1CN(c2cnn(C(C)C)c2)CCC1N. The summed E-state index contributed by atoms with van der Waals surface area (Å²) in [6.07, 6.45) is 5.17. The minimum absolute atomic E-state index is 0.358. The molecule has 0 spiro atoms. The van der Waals surface area contributed by atoms with E-state index in [-0.39, 0.29) is 0 Å². The molecule has 1 aromatic heterocycles. The highest BCUT2D eigenvalue weighted by Crippen LogP contribution is 2.22. The van der Waals surface area contributed by atoms with Gasteiger partial charge in [-0.2, -0.15) is 5.10 Å². The molecule has 2 unspecified atom stereocenters. The molecule has 0 radical (unpaired) electrons. The molecule has 1 fully saturated rings. The Morgan fingerprint density at radius 1 is 1.50 bits per heavy atom. The Morgan fingerprint density at radius 3 is 2.81 bits per heavy atom. The first kappa shape index (κ1) is 11.5. The van der Waals surface area contributed by atoms with E-state index in [2.05, 4.69) is 37.0 Å². The second-order valence-corrected chi connectivity index (χ2v) is 5.15. The lowest BCUT2D eigenvalue weighted by Gasteiger charge is -2.35. The minimum Gasteiger partial charge on any atom is -0.369 e. The highest BCUT2D eigenvalue weighted by atomic mass is 15.3. The van der Waals surface area contributed by atoms with Crippen LogP contribution >= 0.6 is 0 Å². The first-order chi connectivity index (χ1) is 7.58. The van der Waals surface area contributed by atoms with Gasteiger partial charge in [0.15, 0.2) is 0 Å². The molecule has 0 aliphatic carbocycles. The van der Waals surface area contributed by atoms with E-state index >= 15 is 0 Å². The lowest BCUT2D eigenvalue weighted by Crippen LogP contribution is -2.45. The Morgan fingerprint density at radius 2 is 2.25 bits per heavy atom. The topological polar surface area (TPSA) is 47.1 Å². The summed E-state index contributed by atoms with van der Waals surface area (Å²) < 4.78 is 2.01. The molecule has 2 atom stereocenters. The summed E-state index contributed by atoms with van der Waals surface area (Å²) in [6, 6.07) is 0.787. The van der Waals surface area contributed by atoms with E-state index < -0.39 is 0 Å². The maximum absolute atomic E-state index is 6.02. The van der Waals surface area contributed by atoms with Crippen LogP contribution in [0.3, 0.4) is 0 Å². The van der Waals surface area contributed by atoms with Crippen molar-refractivity contribution in [3.63, 3.8) is 0 Å². The van der Waals surface area contributed by atoms with Crippen molar-refractivity contribution in [3.8, 4) is 0 Å². The molecule has 1 aliphatic heterocycles. The van der Waals surface area contributed by atoms with Crippen LogP contribution in [0.25, 0.3) is 0 Å². The molecule has 2 heterocycles. The van der Waals surface area contributed by atoms with Gasteiger partial charge in [-0.3, -0.25) is 4.68 Å². The maximum atomic E-state index is 6.02. The molecule has 1 saturated heterocycles. The Hall–Kier alpha value is -1.03. The van der Waals surface area contributed by atoms with Gasteiger partial charge in [0.05, 0.1) is 11.9 Å². The quantitative estimate of drug-likeness (QED) is 0.827. The number of piperidine rings is 1. The highest BCUT2D eigenvalue weighted by Gasteiger charge is 2.23. The van der Waals surface area contributed by atoms with Gasteiger partial charge in [-0.25, -0.2) is 0 Å². The average Bonchev–Trinajstić information content (AvgIpc) is 2.71. The molecule has 4 heteroatoms. The number of nitrogens with two attached hydrogens (primary N) is 1. The normalized spacial score (nSPS) is 26.4. The van der Waals surface area contributed by atoms with E-state index in [0.29, 0.717) is 18.0 Å². The standard InChI is InChI=1S/C12H22N4/c1-9(2)16-8-11(6-14-16)15-5-4-12(13)10(3)7-15/h6,8-10,12H,4-5,7,13H2,1-3H3. The second kappa shape index (κ2) is 4.45. The Kier molecular flexibility index (Phi) is 3.19. The van der Waals surface area contributed by atoms with Crippen LogP contribution in [0.2, 0.25) is 0 Å². The highest BCUT2D eigenvalue weighted by molar-refractivity contribution is 5.43. The van der Waals surface area contributed by atoms with Gasteiger partial charge < -0.3 is 10.6 Å². The van der Waals surface area contributed by atoms with Crippen LogP contribution in [0.5, 0.6) is 0 Å². The molecule has 0 bridgehead atoms. The predicted molar refractivity (Wildman–Crippen MR) is 66.6 cm³/mol. The van der Waals surface area contributed by atoms with Crippen LogP contribution in [-0.2, 0) is 0 Å². The summed E-state index contributed by atoms with van der Waals surface area (Å²) in [5.41, 5.74) is 7.25. The molecule has 1 aromatic rings. The predicted octanol–water partition coefficient (Wildman–Crippen LogP) is 1.64. The zero-order valence-corrected chi connectivity index (χ0v) is 10.4. The van der Waals surface area contributed by atoms with E-state index in [4.69, 9.17) is 5.73 Å². The molecule has 4 nitrogen and oxygen atoms in total. The van der Waals surface area contributed by atoms with Crippen LogP contribution in [0.15, 0.2) is 12.4 Å². The van der Waals surface area contributed by atoms with Crippen LogP contribution in [0.1, 0.15) is 33.2 Å². The first-order valence-corrected chi connectivity index (χ1v) is 6.12. The monoisotopic (exact) mass is 222 g/mol. The molecule has 1 aliphatic rings. The number of rotatable bonds is 2. The van der Waals surface area contributed by atoms with Crippen molar-refractivity contribution in [2.45, 2.75) is 39.3 Å². The van der Waals surface area contributed by atoms with Gasteiger partial charge in [-0.15, -0.1) is 0 Å². The van der Waals surface area contributed by atoms with Crippen LogP contribution < -0.4 is 10.6 Å². The fourth-order valence-corrected chi connectivity index (χ4v) is 2.17. The van der Waals surface area contributed by atoms with Crippen molar-refractivity contribution in [1.82, 2.24) is 9.78 Å². The average molecular weight is 222 g/mol. The third kappa shape index (κ3) is 2.21. The summed E-state index contributed by atoms with van der Waals surface area (Å²) in [6.45, 7) is 8.61. The van der Waals surface area contributed by atoms with Crippen molar-refractivity contribution < 1.29 is 0 Å². The van der Waals surface area contributed by atoms with Gasteiger partial charge in [0, 0.05) is 31.4 Å². The lowest BCUT2D eigenvalue weighted by molar-refractivity contribution is 0.383. The fraction of sp³-hybridized carbons (Fsp3) is 0.750. The number of hydrogen-bond donors (Lipinski definition) is 1. The van der Waals surface area contributed by atoms with E-state index in [1.54, 1.807) is 0 Å². The van der Waals surface area contributed by atoms with Gasteiger partial charge in [-0.05, 0) is 26.2 Å². The maximum Gasteiger partial charge on any atom is 0.0752 e. The summed E-state index contributed by atoms with van der Waals surface area (Å²) in [7, 11) is 0. The van der Waals surface area contributed by atoms with Crippen LogP contribution in [0.4, 0.5) is 5.69 Å². The molecule has 0 aromatic carbocycles. The minimum atomic E-state index is 0.358. The van der Waals surface area contributed by atoms with Gasteiger partial charge in [-0.1, -0.05) is 6.92 Å². The number of aromatic nitrogens is 2. The van der Waals surface area contributed by atoms with E-state index in [0.717, 1.165) is 19.5 Å². The number of hydrogen-bond acceptors (Lipinski definition) is 3. The van der Waals surface area contributed by atoms with Crippen molar-refractivity contribution in [3.05, 3.63) is 12.4 Å². The number of nitrogens with zero attached hydrogens (tertiary/aromatic N) is 3. The molecular formula is C12H22N4. The third-order valence-corrected chi connectivity index (χ3v) is 3.45. The smallest absolute Gasteiger partial charge is 0.0752 e. The van der Waals surface area contributed by atoms with Crippen molar-refractivity contribution in [2.24, 2.45) is 11.7 Å². The summed E-state index contributed by atoms with van der Waals surface area (Å²) >= 11 is 0. The van der Waals surface area contributed by atoms with Gasteiger partial charge >= 0.3 is 0 Å². The van der Waals surface area contributed by atoms with Crippen molar-refractivity contribution >= 4 is 5.69 Å². The molecule has 2 N–H and O–H groups in total. The van der Waals surface area contributed by atoms with Crippen molar-refractivity contribution in [1.29, 1.82) is 0 Å². The molecule has 0 amide bonds.